The minimum Gasteiger partial charge on any atom is -0.270 e. The lowest BCUT2D eigenvalue weighted by Gasteiger charge is -2.23. The fraction of sp³-hybridized carbons (Fsp3) is 0.0370. The summed E-state index contributed by atoms with van der Waals surface area (Å²) in [6, 6.07) is 35.7. The van der Waals surface area contributed by atoms with E-state index in [1.54, 1.807) is 48.5 Å². The first kappa shape index (κ1) is 19.3. The molecule has 3 heteroatoms. The summed E-state index contributed by atoms with van der Waals surface area (Å²) in [6.07, 6.45) is 0. The van der Waals surface area contributed by atoms with Gasteiger partial charge in [0.05, 0.1) is 6.54 Å². The zero-order valence-electron chi connectivity index (χ0n) is 16.4. The van der Waals surface area contributed by atoms with Crippen LogP contribution in [0, 0.1) is 0 Å². The van der Waals surface area contributed by atoms with Gasteiger partial charge in [-0.05, 0) is 41.0 Å². The standard InChI is InChI=1S/C27H21NO2/c29-26(22-14-6-2-7-15-22)28(27(30)23-16-8-3-9-17-23)20-24-18-10-11-19-25(24)21-12-4-1-5-13-21/h1-19H,20H2. The molecule has 0 radical (unpaired) electrons. The van der Waals surface area contributed by atoms with E-state index in [4.69, 9.17) is 0 Å². The van der Waals surface area contributed by atoms with Gasteiger partial charge in [-0.1, -0.05) is 91.0 Å². The molecule has 2 amide bonds. The number of imide groups is 1. The van der Waals surface area contributed by atoms with Crippen LogP contribution in [0.4, 0.5) is 0 Å². The summed E-state index contributed by atoms with van der Waals surface area (Å²) in [6.45, 7) is 0.187. The molecule has 0 fully saturated rings. The van der Waals surface area contributed by atoms with Crippen molar-refractivity contribution in [3.05, 3.63) is 132 Å². The predicted molar refractivity (Wildman–Crippen MR) is 119 cm³/mol. The van der Waals surface area contributed by atoms with Crippen molar-refractivity contribution in [3.8, 4) is 11.1 Å². The Morgan fingerprint density at radius 2 is 0.967 bits per heavy atom. The van der Waals surface area contributed by atoms with Crippen molar-refractivity contribution in [2.75, 3.05) is 0 Å². The second-order valence-corrected chi connectivity index (χ2v) is 6.95. The molecule has 0 bridgehead atoms. The van der Waals surface area contributed by atoms with E-state index in [1.807, 2.05) is 66.7 Å². The van der Waals surface area contributed by atoms with E-state index in [1.165, 1.54) is 4.90 Å². The summed E-state index contributed by atoms with van der Waals surface area (Å²) < 4.78 is 0. The predicted octanol–water partition coefficient (Wildman–Crippen LogP) is 5.84. The van der Waals surface area contributed by atoms with Gasteiger partial charge in [0.15, 0.2) is 0 Å². The second-order valence-electron chi connectivity index (χ2n) is 6.95. The van der Waals surface area contributed by atoms with E-state index >= 15 is 0 Å². The average molecular weight is 391 g/mol. The molecule has 30 heavy (non-hydrogen) atoms. The minimum absolute atomic E-state index is 0.187. The molecule has 0 unspecified atom stereocenters. The van der Waals surface area contributed by atoms with E-state index in [-0.39, 0.29) is 18.4 Å². The number of carbonyl (C=O) groups is 2. The Bertz CT molecular complexity index is 1090. The molecule has 0 saturated carbocycles. The molecule has 0 atom stereocenters. The molecule has 0 saturated heterocycles. The molecule has 146 valence electrons. The van der Waals surface area contributed by atoms with Gasteiger partial charge in [-0.3, -0.25) is 14.5 Å². The Balaban J connectivity index is 1.75. The Morgan fingerprint density at radius 1 is 0.533 bits per heavy atom. The summed E-state index contributed by atoms with van der Waals surface area (Å²) in [4.78, 5) is 28.0. The molecule has 0 heterocycles. The van der Waals surface area contributed by atoms with E-state index in [9.17, 15) is 9.59 Å². The van der Waals surface area contributed by atoms with Crippen LogP contribution in [0.25, 0.3) is 11.1 Å². The monoisotopic (exact) mass is 391 g/mol. The number of amides is 2. The molecular weight excluding hydrogens is 370 g/mol. The minimum atomic E-state index is -0.313. The van der Waals surface area contributed by atoms with Gasteiger partial charge >= 0.3 is 0 Å². The highest BCUT2D eigenvalue weighted by Gasteiger charge is 2.25. The summed E-state index contributed by atoms with van der Waals surface area (Å²) in [5, 5.41) is 0. The van der Waals surface area contributed by atoms with E-state index in [0.29, 0.717) is 11.1 Å². The Morgan fingerprint density at radius 3 is 1.50 bits per heavy atom. The topological polar surface area (TPSA) is 37.4 Å². The van der Waals surface area contributed by atoms with Crippen LogP contribution < -0.4 is 0 Å². The highest BCUT2D eigenvalue weighted by molar-refractivity contribution is 6.10. The maximum absolute atomic E-state index is 13.3. The third kappa shape index (κ3) is 4.20. The molecule has 0 N–H and O–H groups in total. The van der Waals surface area contributed by atoms with Crippen molar-refractivity contribution in [2.24, 2.45) is 0 Å². The third-order valence-electron chi connectivity index (χ3n) is 4.96. The number of hydrogen-bond acceptors (Lipinski definition) is 2. The number of nitrogens with zero attached hydrogens (tertiary/aromatic N) is 1. The molecule has 0 spiro atoms. The van der Waals surface area contributed by atoms with Crippen LogP contribution in [-0.2, 0) is 6.54 Å². The maximum atomic E-state index is 13.3. The Kier molecular flexibility index (Phi) is 5.81. The van der Waals surface area contributed by atoms with E-state index in [2.05, 4.69) is 0 Å². The second kappa shape index (κ2) is 9.01. The summed E-state index contributed by atoms with van der Waals surface area (Å²) >= 11 is 0. The van der Waals surface area contributed by atoms with Crippen LogP contribution in [0.15, 0.2) is 115 Å². The molecule has 4 aromatic carbocycles. The lowest BCUT2D eigenvalue weighted by atomic mass is 9.99. The Labute approximate surface area is 176 Å². The van der Waals surface area contributed by atoms with Crippen LogP contribution in [0.5, 0.6) is 0 Å². The smallest absolute Gasteiger partial charge is 0.261 e. The van der Waals surface area contributed by atoms with Crippen molar-refractivity contribution in [2.45, 2.75) is 6.54 Å². The Hall–Kier alpha value is -3.98. The van der Waals surface area contributed by atoms with Crippen molar-refractivity contribution in [1.82, 2.24) is 4.90 Å². The first-order valence-electron chi connectivity index (χ1n) is 9.83. The first-order chi connectivity index (χ1) is 14.7. The maximum Gasteiger partial charge on any atom is 0.261 e. The van der Waals surface area contributed by atoms with Crippen molar-refractivity contribution < 1.29 is 9.59 Å². The van der Waals surface area contributed by atoms with Crippen molar-refractivity contribution in [3.63, 3.8) is 0 Å². The number of hydrogen-bond donors (Lipinski definition) is 0. The van der Waals surface area contributed by atoms with Gasteiger partial charge in [-0.15, -0.1) is 0 Å². The molecule has 3 nitrogen and oxygen atoms in total. The summed E-state index contributed by atoms with van der Waals surface area (Å²) in [5.74, 6) is -0.625. The molecule has 0 aromatic heterocycles. The SMILES string of the molecule is O=C(c1ccccc1)N(Cc1ccccc1-c1ccccc1)C(=O)c1ccccc1. The first-order valence-corrected chi connectivity index (χ1v) is 9.83. The fourth-order valence-electron chi connectivity index (χ4n) is 3.44. The van der Waals surface area contributed by atoms with Crippen LogP contribution in [0.3, 0.4) is 0 Å². The van der Waals surface area contributed by atoms with Crippen LogP contribution >= 0.6 is 0 Å². The average Bonchev–Trinajstić information content (AvgIpc) is 2.83. The third-order valence-corrected chi connectivity index (χ3v) is 4.96. The van der Waals surface area contributed by atoms with E-state index in [0.717, 1.165) is 16.7 Å². The van der Waals surface area contributed by atoms with Crippen molar-refractivity contribution >= 4 is 11.8 Å². The molecule has 0 aliphatic rings. The quantitative estimate of drug-likeness (QED) is 0.401. The van der Waals surface area contributed by atoms with Gasteiger partial charge in [0.25, 0.3) is 11.8 Å². The van der Waals surface area contributed by atoms with Gasteiger partial charge in [0.1, 0.15) is 0 Å². The van der Waals surface area contributed by atoms with Gasteiger partial charge in [0, 0.05) is 11.1 Å². The molecule has 4 aromatic rings. The molecule has 0 aliphatic carbocycles. The van der Waals surface area contributed by atoms with Crippen molar-refractivity contribution in [1.29, 1.82) is 0 Å². The van der Waals surface area contributed by atoms with Crippen LogP contribution in [-0.4, -0.2) is 16.7 Å². The van der Waals surface area contributed by atoms with Gasteiger partial charge < -0.3 is 0 Å². The normalized spacial score (nSPS) is 10.4. The highest BCUT2D eigenvalue weighted by atomic mass is 16.2. The summed E-state index contributed by atoms with van der Waals surface area (Å²) in [7, 11) is 0. The van der Waals surface area contributed by atoms with Gasteiger partial charge in [0.2, 0.25) is 0 Å². The summed E-state index contributed by atoms with van der Waals surface area (Å²) in [5.41, 5.74) is 3.94. The number of benzene rings is 4. The lowest BCUT2D eigenvalue weighted by molar-refractivity contribution is 0.0604. The van der Waals surface area contributed by atoms with Gasteiger partial charge in [-0.25, -0.2) is 0 Å². The lowest BCUT2D eigenvalue weighted by Crippen LogP contribution is -2.36. The fourth-order valence-corrected chi connectivity index (χ4v) is 3.44. The van der Waals surface area contributed by atoms with Crippen LogP contribution in [0.1, 0.15) is 26.3 Å². The largest absolute Gasteiger partial charge is 0.270 e. The molecule has 0 aliphatic heterocycles. The highest BCUT2D eigenvalue weighted by Crippen LogP contribution is 2.25. The van der Waals surface area contributed by atoms with Gasteiger partial charge in [-0.2, -0.15) is 0 Å². The van der Waals surface area contributed by atoms with Crippen LogP contribution in [0.2, 0.25) is 0 Å². The zero-order chi connectivity index (χ0) is 20.8. The van der Waals surface area contributed by atoms with E-state index < -0.39 is 0 Å². The number of rotatable bonds is 5. The molecule has 4 rings (SSSR count). The zero-order valence-corrected chi connectivity index (χ0v) is 16.4. The molecular formula is C27H21NO2. The number of carbonyl (C=O) groups excluding carboxylic acids is 2.